The highest BCUT2D eigenvalue weighted by atomic mass is 35.5. The van der Waals surface area contributed by atoms with Crippen LogP contribution in [0, 0.1) is 0 Å². The van der Waals surface area contributed by atoms with E-state index in [9.17, 15) is 9.90 Å². The van der Waals surface area contributed by atoms with E-state index in [1.165, 1.54) is 0 Å². The summed E-state index contributed by atoms with van der Waals surface area (Å²) in [5.74, 6) is -0.0142. The third-order valence-electron chi connectivity index (χ3n) is 4.21. The molecule has 0 spiro atoms. The molecule has 1 fully saturated rings. The van der Waals surface area contributed by atoms with Crippen molar-refractivity contribution in [3.8, 4) is 0 Å². The van der Waals surface area contributed by atoms with Crippen LogP contribution in [0.15, 0.2) is 24.3 Å². The Morgan fingerprint density at radius 1 is 1.29 bits per heavy atom. The number of rotatable bonds is 5. The summed E-state index contributed by atoms with van der Waals surface area (Å²) in [6.45, 7) is 2.09. The molecule has 116 valence electrons. The number of hydrogen-bond donors (Lipinski definition) is 2. The van der Waals surface area contributed by atoms with Gasteiger partial charge < -0.3 is 10.4 Å². The van der Waals surface area contributed by atoms with Crippen molar-refractivity contribution in [1.82, 2.24) is 5.32 Å². The minimum absolute atomic E-state index is 0.0977. The number of nitrogens with one attached hydrogen (secondary N) is 1. The molecule has 0 aromatic heterocycles. The Morgan fingerprint density at radius 2 is 1.90 bits per heavy atom. The Bertz CT molecular complexity index is 452. The smallest absolute Gasteiger partial charge is 0.227 e. The summed E-state index contributed by atoms with van der Waals surface area (Å²) in [5, 5.41) is 13.4. The van der Waals surface area contributed by atoms with E-state index in [0.29, 0.717) is 5.02 Å². The lowest BCUT2D eigenvalue weighted by molar-refractivity contribution is -0.123. The molecule has 0 radical (unpaired) electrons. The summed E-state index contributed by atoms with van der Waals surface area (Å²) in [6, 6.07) is 7.75. The van der Waals surface area contributed by atoms with Gasteiger partial charge in [-0.3, -0.25) is 4.79 Å². The predicted octanol–water partition coefficient (Wildman–Crippen LogP) is 3.64. The van der Waals surface area contributed by atoms with Gasteiger partial charge >= 0.3 is 0 Å². The number of benzene rings is 1. The number of carbonyl (C=O) groups excluding carboxylic acids is 1. The van der Waals surface area contributed by atoms with Crippen LogP contribution in [0.3, 0.4) is 0 Å². The molecule has 1 atom stereocenters. The Hall–Kier alpha value is -1.06. The van der Waals surface area contributed by atoms with Gasteiger partial charge in [-0.1, -0.05) is 37.1 Å². The Labute approximate surface area is 131 Å². The van der Waals surface area contributed by atoms with E-state index in [2.05, 4.69) is 12.2 Å². The molecule has 2 rings (SSSR count). The van der Waals surface area contributed by atoms with Crippen LogP contribution in [-0.2, 0) is 4.79 Å². The summed E-state index contributed by atoms with van der Waals surface area (Å²) in [6.07, 6.45) is 4.90. The zero-order valence-electron chi connectivity index (χ0n) is 12.5. The van der Waals surface area contributed by atoms with E-state index in [4.69, 9.17) is 11.6 Å². The van der Waals surface area contributed by atoms with E-state index in [1.807, 2.05) is 24.3 Å². The summed E-state index contributed by atoms with van der Waals surface area (Å²) in [7, 11) is 0. The summed E-state index contributed by atoms with van der Waals surface area (Å²) >= 11 is 5.92. The SMILES string of the molecule is CCCC(C(=O)NC1CCC(O)CC1)c1ccc(Cl)cc1. The molecule has 3 nitrogen and oxygen atoms in total. The second kappa shape index (κ2) is 7.81. The molecular weight excluding hydrogens is 286 g/mol. The highest BCUT2D eigenvalue weighted by Gasteiger charge is 2.25. The van der Waals surface area contributed by atoms with Crippen molar-refractivity contribution in [2.75, 3.05) is 0 Å². The van der Waals surface area contributed by atoms with Crippen molar-refractivity contribution < 1.29 is 9.90 Å². The second-order valence-electron chi connectivity index (χ2n) is 5.91. The van der Waals surface area contributed by atoms with E-state index in [-0.39, 0.29) is 24.0 Å². The zero-order valence-corrected chi connectivity index (χ0v) is 13.3. The number of amides is 1. The molecule has 21 heavy (non-hydrogen) atoms. The van der Waals surface area contributed by atoms with Crippen LogP contribution in [-0.4, -0.2) is 23.2 Å². The van der Waals surface area contributed by atoms with Crippen molar-refractivity contribution in [3.63, 3.8) is 0 Å². The molecule has 4 heteroatoms. The number of hydrogen-bond acceptors (Lipinski definition) is 2. The van der Waals surface area contributed by atoms with Gasteiger partial charge in [0, 0.05) is 11.1 Å². The van der Waals surface area contributed by atoms with Gasteiger partial charge in [-0.05, 0) is 49.8 Å². The lowest BCUT2D eigenvalue weighted by Gasteiger charge is -2.28. The normalized spacial score (nSPS) is 23.6. The lowest BCUT2D eigenvalue weighted by atomic mass is 9.90. The monoisotopic (exact) mass is 309 g/mol. The van der Waals surface area contributed by atoms with Gasteiger partial charge in [0.15, 0.2) is 0 Å². The van der Waals surface area contributed by atoms with Crippen molar-refractivity contribution >= 4 is 17.5 Å². The van der Waals surface area contributed by atoms with Crippen LogP contribution in [0.5, 0.6) is 0 Å². The predicted molar refractivity (Wildman–Crippen MR) is 85.5 cm³/mol. The van der Waals surface area contributed by atoms with Crippen molar-refractivity contribution in [3.05, 3.63) is 34.9 Å². The first-order valence-corrected chi connectivity index (χ1v) is 8.22. The largest absolute Gasteiger partial charge is 0.393 e. The molecule has 0 heterocycles. The maximum absolute atomic E-state index is 12.6. The number of halogens is 1. The van der Waals surface area contributed by atoms with E-state index in [0.717, 1.165) is 44.1 Å². The van der Waals surface area contributed by atoms with Gasteiger partial charge in [-0.25, -0.2) is 0 Å². The molecule has 1 aliphatic carbocycles. The minimum Gasteiger partial charge on any atom is -0.393 e. The molecule has 0 bridgehead atoms. The Kier molecular flexibility index (Phi) is 6.07. The minimum atomic E-state index is -0.194. The Balaban J connectivity index is 2.00. The van der Waals surface area contributed by atoms with Crippen molar-refractivity contribution in [2.24, 2.45) is 0 Å². The van der Waals surface area contributed by atoms with Crippen LogP contribution in [0.25, 0.3) is 0 Å². The fourth-order valence-corrected chi connectivity index (χ4v) is 3.08. The molecular formula is C17H24ClNO2. The molecule has 0 saturated heterocycles. The van der Waals surface area contributed by atoms with Gasteiger partial charge in [0.1, 0.15) is 0 Å². The molecule has 1 saturated carbocycles. The standard InChI is InChI=1S/C17H24ClNO2/c1-2-3-16(12-4-6-13(18)7-5-12)17(21)19-14-8-10-15(20)11-9-14/h4-7,14-16,20H,2-3,8-11H2,1H3,(H,19,21). The fraction of sp³-hybridized carbons (Fsp3) is 0.588. The molecule has 1 aliphatic rings. The maximum atomic E-state index is 12.6. The van der Waals surface area contributed by atoms with Crippen LogP contribution in [0.2, 0.25) is 5.02 Å². The van der Waals surface area contributed by atoms with Crippen LogP contribution in [0.1, 0.15) is 56.9 Å². The molecule has 1 aromatic carbocycles. The van der Waals surface area contributed by atoms with Gasteiger partial charge in [-0.2, -0.15) is 0 Å². The summed E-state index contributed by atoms with van der Waals surface area (Å²) < 4.78 is 0. The van der Waals surface area contributed by atoms with Crippen molar-refractivity contribution in [2.45, 2.75) is 63.5 Å². The van der Waals surface area contributed by atoms with Gasteiger partial charge in [0.25, 0.3) is 0 Å². The third kappa shape index (κ3) is 4.72. The Morgan fingerprint density at radius 3 is 2.48 bits per heavy atom. The van der Waals surface area contributed by atoms with Crippen LogP contribution in [0.4, 0.5) is 0 Å². The summed E-state index contributed by atoms with van der Waals surface area (Å²) in [5.41, 5.74) is 1.02. The molecule has 1 aromatic rings. The second-order valence-corrected chi connectivity index (χ2v) is 6.34. The van der Waals surface area contributed by atoms with E-state index < -0.39 is 0 Å². The summed E-state index contributed by atoms with van der Waals surface area (Å²) in [4.78, 5) is 12.6. The highest BCUT2D eigenvalue weighted by Crippen LogP contribution is 2.25. The average molecular weight is 310 g/mol. The first kappa shape index (κ1) is 16.3. The zero-order chi connectivity index (χ0) is 15.2. The molecule has 0 aliphatic heterocycles. The first-order valence-electron chi connectivity index (χ1n) is 7.84. The third-order valence-corrected chi connectivity index (χ3v) is 4.46. The highest BCUT2D eigenvalue weighted by molar-refractivity contribution is 6.30. The topological polar surface area (TPSA) is 49.3 Å². The van der Waals surface area contributed by atoms with Crippen LogP contribution < -0.4 is 5.32 Å². The van der Waals surface area contributed by atoms with Crippen LogP contribution >= 0.6 is 11.6 Å². The molecule has 1 amide bonds. The van der Waals surface area contributed by atoms with Gasteiger partial charge in [0.2, 0.25) is 5.91 Å². The fourth-order valence-electron chi connectivity index (χ4n) is 2.95. The number of aliphatic hydroxyl groups excluding tert-OH is 1. The molecule has 1 unspecified atom stereocenters. The van der Waals surface area contributed by atoms with E-state index >= 15 is 0 Å². The van der Waals surface area contributed by atoms with Crippen molar-refractivity contribution in [1.29, 1.82) is 0 Å². The first-order chi connectivity index (χ1) is 10.1. The number of aliphatic hydroxyl groups is 1. The maximum Gasteiger partial charge on any atom is 0.227 e. The average Bonchev–Trinajstić information content (AvgIpc) is 2.48. The van der Waals surface area contributed by atoms with Gasteiger partial charge in [0.05, 0.1) is 12.0 Å². The van der Waals surface area contributed by atoms with E-state index in [1.54, 1.807) is 0 Å². The number of carbonyl (C=O) groups is 1. The quantitative estimate of drug-likeness (QED) is 0.872. The van der Waals surface area contributed by atoms with Gasteiger partial charge in [-0.15, -0.1) is 0 Å². The molecule has 2 N–H and O–H groups in total. The lowest BCUT2D eigenvalue weighted by Crippen LogP contribution is -2.41.